The molecule has 0 aliphatic rings. The van der Waals surface area contributed by atoms with Gasteiger partial charge in [0.1, 0.15) is 0 Å². The van der Waals surface area contributed by atoms with Crippen LogP contribution in [0, 0.1) is 0 Å². The summed E-state index contributed by atoms with van der Waals surface area (Å²) in [6.45, 7) is 1.26. The Morgan fingerprint density at radius 3 is 2.60 bits per heavy atom. The van der Waals surface area contributed by atoms with Crippen LogP contribution in [0.5, 0.6) is 0 Å². The first-order chi connectivity index (χ1) is 4.31. The molecule has 0 aromatic heterocycles. The van der Waals surface area contributed by atoms with Crippen LogP contribution >= 0.6 is 12.4 Å². The second kappa shape index (κ2) is 8.52. The lowest BCUT2D eigenvalue weighted by Gasteiger charge is -2.00. The molecular weight excluding hydrogens is 154 g/mol. The number of carbonyl (C=O) groups is 1. The molecule has 0 unspecified atom stereocenters. The second-order valence-corrected chi connectivity index (χ2v) is 1.65. The average molecular weight is 168 g/mol. The first-order valence-electron chi connectivity index (χ1n) is 2.97. The Bertz CT molecular complexity index is 89.0. The summed E-state index contributed by atoms with van der Waals surface area (Å²) in [6.07, 6.45) is 0.827. The third-order valence-electron chi connectivity index (χ3n) is 0.894. The van der Waals surface area contributed by atoms with E-state index in [-0.39, 0.29) is 18.4 Å². The van der Waals surface area contributed by atoms with E-state index in [1.807, 2.05) is 0 Å². The first kappa shape index (κ1) is 12.2. The molecule has 0 atom stereocenters. The molecule has 0 bridgehead atoms. The van der Waals surface area contributed by atoms with Gasteiger partial charge < -0.3 is 16.4 Å². The van der Waals surface area contributed by atoms with Gasteiger partial charge in [0.2, 0.25) is 0 Å². The lowest BCUT2D eigenvalue weighted by atomic mass is 10.4. The Labute approximate surface area is 67.0 Å². The van der Waals surface area contributed by atoms with Gasteiger partial charge in [0.05, 0.1) is 0 Å². The van der Waals surface area contributed by atoms with E-state index >= 15 is 0 Å². The van der Waals surface area contributed by atoms with Gasteiger partial charge in [0, 0.05) is 13.6 Å². The van der Waals surface area contributed by atoms with E-state index in [1.54, 1.807) is 7.05 Å². The summed E-state index contributed by atoms with van der Waals surface area (Å²) in [5.74, 6) is 0. The number of nitrogens with two attached hydrogens (primary N) is 1. The predicted octanol–water partition coefficient (Wildman–Crippen LogP) is -0.314. The minimum absolute atomic E-state index is 0. The van der Waals surface area contributed by atoms with Crippen molar-refractivity contribution >= 4 is 18.4 Å². The fraction of sp³-hybridized carbons (Fsp3) is 0.800. The monoisotopic (exact) mass is 167 g/mol. The largest absolute Gasteiger partial charge is 0.341 e. The lowest BCUT2D eigenvalue weighted by Crippen LogP contribution is -2.33. The van der Waals surface area contributed by atoms with Gasteiger partial charge in [-0.2, -0.15) is 0 Å². The van der Waals surface area contributed by atoms with Gasteiger partial charge in [0.15, 0.2) is 0 Å². The highest BCUT2D eigenvalue weighted by atomic mass is 35.5. The van der Waals surface area contributed by atoms with Crippen molar-refractivity contribution in [3.05, 3.63) is 0 Å². The maximum Gasteiger partial charge on any atom is 0.314 e. The smallest absolute Gasteiger partial charge is 0.314 e. The summed E-state index contributed by atoms with van der Waals surface area (Å²) < 4.78 is 0. The molecule has 0 radical (unpaired) electrons. The van der Waals surface area contributed by atoms with Crippen molar-refractivity contribution in [3.63, 3.8) is 0 Å². The van der Waals surface area contributed by atoms with E-state index in [9.17, 15) is 4.79 Å². The van der Waals surface area contributed by atoms with Crippen molar-refractivity contribution in [2.24, 2.45) is 5.73 Å². The summed E-state index contributed by atoms with van der Waals surface area (Å²) in [5, 5.41) is 5.04. The molecule has 4 nitrogen and oxygen atoms in total. The normalized spacial score (nSPS) is 7.80. The van der Waals surface area contributed by atoms with Crippen molar-refractivity contribution in [2.75, 3.05) is 20.1 Å². The molecule has 0 fully saturated rings. The Morgan fingerprint density at radius 1 is 1.60 bits per heavy atom. The number of hydrogen-bond acceptors (Lipinski definition) is 2. The Balaban J connectivity index is 0. The molecule has 0 aliphatic carbocycles. The molecule has 62 valence electrons. The molecule has 0 heterocycles. The zero-order valence-electron chi connectivity index (χ0n) is 6.02. The summed E-state index contributed by atoms with van der Waals surface area (Å²) in [5.41, 5.74) is 5.18. The van der Waals surface area contributed by atoms with Crippen molar-refractivity contribution in [2.45, 2.75) is 6.42 Å². The van der Waals surface area contributed by atoms with Crippen LogP contribution in [-0.2, 0) is 0 Å². The number of urea groups is 1. The summed E-state index contributed by atoms with van der Waals surface area (Å²) in [4.78, 5) is 10.4. The Morgan fingerprint density at radius 2 is 2.20 bits per heavy atom. The van der Waals surface area contributed by atoms with Crippen LogP contribution in [0.25, 0.3) is 0 Å². The van der Waals surface area contributed by atoms with Crippen molar-refractivity contribution in [1.82, 2.24) is 10.6 Å². The average Bonchev–Trinajstić information content (AvgIpc) is 1.89. The molecule has 0 aromatic rings. The highest BCUT2D eigenvalue weighted by Gasteiger charge is 1.90. The predicted molar refractivity (Wildman–Crippen MR) is 43.4 cm³/mol. The third kappa shape index (κ3) is 7.52. The van der Waals surface area contributed by atoms with Crippen LogP contribution in [0.2, 0.25) is 0 Å². The minimum Gasteiger partial charge on any atom is -0.341 e. The van der Waals surface area contributed by atoms with E-state index in [0.717, 1.165) is 6.42 Å². The standard InChI is InChI=1S/C5H13N3O.ClH/c1-7-5(9)8-4-2-3-6;/h2-4,6H2,1H3,(H2,7,8,9);1H. The summed E-state index contributed by atoms with van der Waals surface area (Å²) in [7, 11) is 1.58. The first-order valence-corrected chi connectivity index (χ1v) is 2.97. The highest BCUT2D eigenvalue weighted by molar-refractivity contribution is 5.85. The lowest BCUT2D eigenvalue weighted by molar-refractivity contribution is 0.243. The Hall–Kier alpha value is -0.480. The fourth-order valence-electron chi connectivity index (χ4n) is 0.392. The van der Waals surface area contributed by atoms with Gasteiger partial charge in [-0.15, -0.1) is 12.4 Å². The van der Waals surface area contributed by atoms with Crippen LogP contribution < -0.4 is 16.4 Å². The van der Waals surface area contributed by atoms with Crippen LogP contribution in [0.1, 0.15) is 6.42 Å². The summed E-state index contributed by atoms with van der Waals surface area (Å²) in [6, 6.07) is -0.150. The molecule has 0 aliphatic heterocycles. The second-order valence-electron chi connectivity index (χ2n) is 1.65. The molecule has 0 aromatic carbocycles. The molecule has 0 saturated carbocycles. The molecule has 4 N–H and O–H groups in total. The molecule has 2 amide bonds. The van der Waals surface area contributed by atoms with Crippen LogP contribution in [0.3, 0.4) is 0 Å². The zero-order valence-corrected chi connectivity index (χ0v) is 6.83. The SMILES string of the molecule is CNC(=O)NCCCN.Cl. The number of nitrogens with one attached hydrogen (secondary N) is 2. The van der Waals surface area contributed by atoms with Gasteiger partial charge in [-0.25, -0.2) is 4.79 Å². The maximum atomic E-state index is 10.4. The molecular formula is C5H14ClN3O. The third-order valence-corrected chi connectivity index (χ3v) is 0.894. The van der Waals surface area contributed by atoms with Crippen LogP contribution in [0.15, 0.2) is 0 Å². The van der Waals surface area contributed by atoms with Crippen molar-refractivity contribution in [3.8, 4) is 0 Å². The molecule has 0 rings (SSSR count). The summed E-state index contributed by atoms with van der Waals surface area (Å²) >= 11 is 0. The minimum atomic E-state index is -0.150. The maximum absolute atomic E-state index is 10.4. The number of carbonyl (C=O) groups excluding carboxylic acids is 1. The number of hydrogen-bond donors (Lipinski definition) is 3. The quantitative estimate of drug-likeness (QED) is 0.505. The number of rotatable bonds is 3. The van der Waals surface area contributed by atoms with Crippen LogP contribution in [0.4, 0.5) is 4.79 Å². The molecule has 5 heteroatoms. The van der Waals surface area contributed by atoms with Crippen LogP contribution in [-0.4, -0.2) is 26.2 Å². The number of halogens is 1. The van der Waals surface area contributed by atoms with E-state index in [2.05, 4.69) is 10.6 Å². The molecule has 0 spiro atoms. The van der Waals surface area contributed by atoms with Gasteiger partial charge in [-0.3, -0.25) is 0 Å². The number of amides is 2. The van der Waals surface area contributed by atoms with E-state index in [1.165, 1.54) is 0 Å². The van der Waals surface area contributed by atoms with Crippen molar-refractivity contribution < 1.29 is 4.79 Å². The zero-order chi connectivity index (χ0) is 7.11. The van der Waals surface area contributed by atoms with E-state index in [4.69, 9.17) is 5.73 Å². The van der Waals surface area contributed by atoms with Crippen molar-refractivity contribution in [1.29, 1.82) is 0 Å². The molecule has 0 saturated heterocycles. The van der Waals surface area contributed by atoms with E-state index < -0.39 is 0 Å². The van der Waals surface area contributed by atoms with Gasteiger partial charge in [0.25, 0.3) is 0 Å². The van der Waals surface area contributed by atoms with Gasteiger partial charge in [-0.05, 0) is 13.0 Å². The molecule has 10 heavy (non-hydrogen) atoms. The fourth-order valence-corrected chi connectivity index (χ4v) is 0.392. The highest BCUT2D eigenvalue weighted by Crippen LogP contribution is 1.68. The van der Waals surface area contributed by atoms with E-state index in [0.29, 0.717) is 13.1 Å². The van der Waals surface area contributed by atoms with Gasteiger partial charge in [-0.1, -0.05) is 0 Å². The topological polar surface area (TPSA) is 67.2 Å². The van der Waals surface area contributed by atoms with Gasteiger partial charge >= 0.3 is 6.03 Å². The Kier molecular flexibility index (Phi) is 10.4.